The van der Waals surface area contributed by atoms with E-state index in [1.807, 2.05) is 0 Å². The van der Waals surface area contributed by atoms with Crippen molar-refractivity contribution in [3.05, 3.63) is 12.2 Å². The van der Waals surface area contributed by atoms with Gasteiger partial charge >= 0.3 is 5.97 Å². The summed E-state index contributed by atoms with van der Waals surface area (Å²) in [4.78, 5) is 14.5. The van der Waals surface area contributed by atoms with Crippen molar-refractivity contribution < 1.29 is 9.90 Å². The van der Waals surface area contributed by atoms with Crippen molar-refractivity contribution in [3.63, 3.8) is 0 Å². The third-order valence-corrected chi connectivity index (χ3v) is 2.37. The van der Waals surface area contributed by atoms with Crippen molar-refractivity contribution in [3.8, 4) is 0 Å². The highest BCUT2D eigenvalue weighted by Gasteiger charge is 2.21. The minimum Gasteiger partial charge on any atom is -0.481 e. The normalized spacial score (nSPS) is 21.1. The van der Waals surface area contributed by atoms with Gasteiger partial charge in [0.15, 0.2) is 0 Å². The molecule has 0 saturated carbocycles. The molecular formula is C8H11N3O2. The van der Waals surface area contributed by atoms with Gasteiger partial charge in [-0.15, -0.1) is 0 Å². The average molecular weight is 181 g/mol. The highest BCUT2D eigenvalue weighted by Crippen LogP contribution is 2.19. The van der Waals surface area contributed by atoms with Crippen LogP contribution < -0.4 is 0 Å². The third kappa shape index (κ3) is 1.68. The number of fused-ring (bicyclic) bond motifs is 1. The van der Waals surface area contributed by atoms with Crippen LogP contribution in [0.1, 0.15) is 18.7 Å². The Labute approximate surface area is 75.4 Å². The first-order chi connectivity index (χ1) is 6.25. The van der Waals surface area contributed by atoms with Gasteiger partial charge in [-0.05, 0) is 12.3 Å². The van der Waals surface area contributed by atoms with Crippen molar-refractivity contribution in [2.45, 2.75) is 25.8 Å². The number of rotatable bonds is 2. The minimum absolute atomic E-state index is 0.215. The molecule has 1 aromatic rings. The van der Waals surface area contributed by atoms with Gasteiger partial charge in [0.1, 0.15) is 12.2 Å². The quantitative estimate of drug-likeness (QED) is 0.713. The molecule has 13 heavy (non-hydrogen) atoms. The number of carbonyl (C=O) groups is 1. The predicted octanol–water partition coefficient (Wildman–Crippen LogP) is 0.315. The van der Waals surface area contributed by atoms with Crippen molar-refractivity contribution in [2.24, 2.45) is 5.92 Å². The SMILES string of the molecule is O=C(O)CC1CCc2ncnn2C1. The Hall–Kier alpha value is -1.39. The number of hydrogen-bond acceptors (Lipinski definition) is 3. The summed E-state index contributed by atoms with van der Waals surface area (Å²) >= 11 is 0. The van der Waals surface area contributed by atoms with Crippen LogP contribution >= 0.6 is 0 Å². The van der Waals surface area contributed by atoms with Crippen LogP contribution in [0.2, 0.25) is 0 Å². The molecule has 2 heterocycles. The van der Waals surface area contributed by atoms with Crippen molar-refractivity contribution in [1.29, 1.82) is 0 Å². The van der Waals surface area contributed by atoms with Crippen LogP contribution in [0.4, 0.5) is 0 Å². The molecule has 5 heteroatoms. The van der Waals surface area contributed by atoms with E-state index >= 15 is 0 Å². The lowest BCUT2D eigenvalue weighted by Crippen LogP contribution is -2.23. The number of nitrogens with zero attached hydrogens (tertiary/aromatic N) is 3. The molecule has 2 rings (SSSR count). The number of aryl methyl sites for hydroxylation is 1. The van der Waals surface area contributed by atoms with Crippen LogP contribution in [-0.4, -0.2) is 25.8 Å². The van der Waals surface area contributed by atoms with Gasteiger partial charge in [0.25, 0.3) is 0 Å². The number of carboxylic acid groups (broad SMARTS) is 1. The number of carboxylic acids is 1. The van der Waals surface area contributed by atoms with Gasteiger partial charge in [0.2, 0.25) is 0 Å². The zero-order chi connectivity index (χ0) is 9.26. The lowest BCUT2D eigenvalue weighted by atomic mass is 9.96. The number of aliphatic carboxylic acids is 1. The fourth-order valence-corrected chi connectivity index (χ4v) is 1.72. The van der Waals surface area contributed by atoms with Crippen molar-refractivity contribution in [2.75, 3.05) is 0 Å². The van der Waals surface area contributed by atoms with E-state index in [4.69, 9.17) is 5.11 Å². The molecule has 0 spiro atoms. The molecule has 0 amide bonds. The lowest BCUT2D eigenvalue weighted by Gasteiger charge is -2.20. The minimum atomic E-state index is -0.728. The first-order valence-electron chi connectivity index (χ1n) is 4.34. The maximum atomic E-state index is 10.5. The summed E-state index contributed by atoms with van der Waals surface area (Å²) in [5.41, 5.74) is 0. The Morgan fingerprint density at radius 1 is 1.77 bits per heavy atom. The molecule has 0 fully saturated rings. The van der Waals surface area contributed by atoms with Crippen molar-refractivity contribution in [1.82, 2.24) is 14.8 Å². The van der Waals surface area contributed by atoms with Gasteiger partial charge in [-0.1, -0.05) is 0 Å². The third-order valence-electron chi connectivity index (χ3n) is 2.37. The van der Waals surface area contributed by atoms with E-state index in [1.165, 1.54) is 6.33 Å². The van der Waals surface area contributed by atoms with Crippen LogP contribution in [0.15, 0.2) is 6.33 Å². The fourth-order valence-electron chi connectivity index (χ4n) is 1.72. The maximum absolute atomic E-state index is 10.5. The molecule has 5 nitrogen and oxygen atoms in total. The first-order valence-corrected chi connectivity index (χ1v) is 4.34. The van der Waals surface area contributed by atoms with Gasteiger partial charge < -0.3 is 5.11 Å². The smallest absolute Gasteiger partial charge is 0.303 e. The molecule has 1 atom stereocenters. The molecular weight excluding hydrogens is 170 g/mol. The topological polar surface area (TPSA) is 68.0 Å². The van der Waals surface area contributed by atoms with Gasteiger partial charge in [-0.3, -0.25) is 4.79 Å². The zero-order valence-corrected chi connectivity index (χ0v) is 7.18. The molecule has 0 bridgehead atoms. The summed E-state index contributed by atoms with van der Waals surface area (Å²) in [7, 11) is 0. The monoisotopic (exact) mass is 181 g/mol. The van der Waals surface area contributed by atoms with Crippen LogP contribution in [0.25, 0.3) is 0 Å². The molecule has 70 valence electrons. The van der Waals surface area contributed by atoms with Gasteiger partial charge in [0.05, 0.1) is 0 Å². The van der Waals surface area contributed by atoms with Crippen LogP contribution in [0.3, 0.4) is 0 Å². The van der Waals surface area contributed by atoms with Crippen LogP contribution in [0, 0.1) is 5.92 Å². The Bertz CT molecular complexity index is 321. The molecule has 0 aliphatic carbocycles. The summed E-state index contributed by atoms with van der Waals surface area (Å²) < 4.78 is 1.80. The summed E-state index contributed by atoms with van der Waals surface area (Å²) in [6, 6.07) is 0. The summed E-state index contributed by atoms with van der Waals surface area (Å²) in [6.07, 6.45) is 3.51. The van der Waals surface area contributed by atoms with Gasteiger partial charge in [0, 0.05) is 19.4 Å². The largest absolute Gasteiger partial charge is 0.481 e. The number of hydrogen-bond donors (Lipinski definition) is 1. The molecule has 1 aliphatic heterocycles. The highest BCUT2D eigenvalue weighted by molar-refractivity contribution is 5.67. The summed E-state index contributed by atoms with van der Waals surface area (Å²) in [6.45, 7) is 0.696. The number of aromatic nitrogens is 3. The van der Waals surface area contributed by atoms with Crippen LogP contribution in [-0.2, 0) is 17.8 Å². The lowest BCUT2D eigenvalue weighted by molar-refractivity contribution is -0.138. The highest BCUT2D eigenvalue weighted by atomic mass is 16.4. The molecule has 1 unspecified atom stereocenters. The van der Waals surface area contributed by atoms with Crippen molar-refractivity contribution >= 4 is 5.97 Å². The zero-order valence-electron chi connectivity index (χ0n) is 7.18. The molecule has 0 saturated heterocycles. The van der Waals surface area contributed by atoms with E-state index in [0.717, 1.165) is 18.7 Å². The maximum Gasteiger partial charge on any atom is 0.303 e. The summed E-state index contributed by atoms with van der Waals surface area (Å²) in [5, 5.41) is 12.6. The van der Waals surface area contributed by atoms with Crippen LogP contribution in [0.5, 0.6) is 0 Å². The Kier molecular flexibility index (Phi) is 2.00. The first kappa shape index (κ1) is 8.22. The molecule has 0 radical (unpaired) electrons. The molecule has 1 N–H and O–H groups in total. The fraction of sp³-hybridized carbons (Fsp3) is 0.625. The van der Waals surface area contributed by atoms with Gasteiger partial charge in [-0.25, -0.2) is 9.67 Å². The molecule has 1 aromatic heterocycles. The predicted molar refractivity (Wildman–Crippen MR) is 44.1 cm³/mol. The second-order valence-electron chi connectivity index (χ2n) is 3.36. The Balaban J connectivity index is 2.04. The van der Waals surface area contributed by atoms with E-state index in [-0.39, 0.29) is 12.3 Å². The Morgan fingerprint density at radius 3 is 3.38 bits per heavy atom. The van der Waals surface area contributed by atoms with E-state index < -0.39 is 5.97 Å². The standard InChI is InChI=1S/C8H11N3O2/c12-8(13)3-6-1-2-7-9-5-10-11(7)4-6/h5-6H,1-4H2,(H,12,13). The molecule has 1 aliphatic rings. The second-order valence-corrected chi connectivity index (χ2v) is 3.36. The average Bonchev–Trinajstić information content (AvgIpc) is 2.49. The van der Waals surface area contributed by atoms with E-state index in [0.29, 0.717) is 6.54 Å². The van der Waals surface area contributed by atoms with E-state index in [9.17, 15) is 4.79 Å². The van der Waals surface area contributed by atoms with Gasteiger partial charge in [-0.2, -0.15) is 5.10 Å². The summed E-state index contributed by atoms with van der Waals surface area (Å²) in [5.74, 6) is 0.460. The molecule has 0 aromatic carbocycles. The second kappa shape index (κ2) is 3.16. The van der Waals surface area contributed by atoms with E-state index in [1.54, 1.807) is 4.68 Å². The Morgan fingerprint density at radius 2 is 2.62 bits per heavy atom. The van der Waals surface area contributed by atoms with E-state index in [2.05, 4.69) is 10.1 Å².